The van der Waals surface area contributed by atoms with E-state index < -0.39 is 0 Å². The van der Waals surface area contributed by atoms with E-state index in [2.05, 4.69) is 10.2 Å². The van der Waals surface area contributed by atoms with Crippen LogP contribution >= 0.6 is 34.3 Å². The Bertz CT molecular complexity index is 942. The quantitative estimate of drug-likeness (QED) is 0.608. The Balaban J connectivity index is 1.52. The van der Waals surface area contributed by atoms with Gasteiger partial charge in [0.1, 0.15) is 10.8 Å². The van der Waals surface area contributed by atoms with E-state index in [-0.39, 0.29) is 17.6 Å². The molecule has 1 amide bonds. The molecule has 4 nitrogen and oxygen atoms in total. The molecule has 3 heterocycles. The zero-order valence-electron chi connectivity index (χ0n) is 13.7. The monoisotopic (exact) mass is 407 g/mol. The number of rotatable bonds is 3. The van der Waals surface area contributed by atoms with Crippen molar-refractivity contribution in [1.82, 2.24) is 15.1 Å². The van der Waals surface area contributed by atoms with Crippen LogP contribution in [0.4, 0.5) is 4.39 Å². The minimum Gasteiger partial charge on any atom is -0.337 e. The van der Waals surface area contributed by atoms with E-state index in [1.165, 1.54) is 28.7 Å². The minimum absolute atomic E-state index is 0.00504. The van der Waals surface area contributed by atoms with Crippen molar-refractivity contribution in [3.05, 3.63) is 56.4 Å². The number of hydrogen-bond acceptors (Lipinski definition) is 5. The molecule has 8 heteroatoms. The molecule has 0 N–H and O–H groups in total. The molecule has 1 aliphatic rings. The molecule has 0 bridgehead atoms. The van der Waals surface area contributed by atoms with Crippen molar-refractivity contribution in [2.24, 2.45) is 0 Å². The molecular weight excluding hydrogens is 393 g/mol. The Morgan fingerprint density at radius 2 is 2.04 bits per heavy atom. The standard InChI is InChI=1S/C18H15ClFN3OS2/c19-15-8-7-14(25-15)18(24)23-9-3-4-11(10-23)16-21-22-17(26-16)12-5-1-2-6-13(12)20/h1-2,5-8,11H,3-4,9-10H2. The highest BCUT2D eigenvalue weighted by Crippen LogP contribution is 2.34. The second-order valence-electron chi connectivity index (χ2n) is 6.12. The third-order valence-corrected chi connectivity index (χ3v) is 6.72. The summed E-state index contributed by atoms with van der Waals surface area (Å²) in [6, 6.07) is 10.1. The molecule has 0 aliphatic carbocycles. The predicted octanol–water partition coefficient (Wildman–Crippen LogP) is 5.08. The van der Waals surface area contributed by atoms with E-state index in [1.807, 2.05) is 4.90 Å². The van der Waals surface area contributed by atoms with Gasteiger partial charge in [0.25, 0.3) is 5.91 Å². The Labute approximate surface area is 163 Å². The van der Waals surface area contributed by atoms with Gasteiger partial charge in [0.15, 0.2) is 5.01 Å². The van der Waals surface area contributed by atoms with E-state index >= 15 is 0 Å². The molecule has 0 saturated carbocycles. The van der Waals surface area contributed by atoms with Crippen molar-refractivity contribution in [3.8, 4) is 10.6 Å². The Morgan fingerprint density at radius 3 is 2.81 bits per heavy atom. The number of carbonyl (C=O) groups is 1. The average Bonchev–Trinajstić information content (AvgIpc) is 3.31. The number of thiophene rings is 1. The molecule has 1 saturated heterocycles. The average molecular weight is 408 g/mol. The van der Waals surface area contributed by atoms with Crippen LogP contribution in [0.15, 0.2) is 36.4 Å². The lowest BCUT2D eigenvalue weighted by Gasteiger charge is -2.31. The van der Waals surface area contributed by atoms with Gasteiger partial charge in [0.2, 0.25) is 0 Å². The highest BCUT2D eigenvalue weighted by atomic mass is 35.5. The zero-order valence-corrected chi connectivity index (χ0v) is 16.1. The smallest absolute Gasteiger partial charge is 0.263 e. The fourth-order valence-corrected chi connectivity index (χ4v) is 5.10. The molecule has 134 valence electrons. The SMILES string of the molecule is O=C(c1ccc(Cl)s1)N1CCCC(c2nnc(-c3ccccc3F)s2)C1. The van der Waals surface area contributed by atoms with Crippen molar-refractivity contribution in [2.75, 3.05) is 13.1 Å². The summed E-state index contributed by atoms with van der Waals surface area (Å²) in [6.07, 6.45) is 1.85. The van der Waals surface area contributed by atoms with Gasteiger partial charge in [-0.2, -0.15) is 0 Å². The number of halogens is 2. The molecular formula is C18H15ClFN3OS2. The van der Waals surface area contributed by atoms with E-state index in [1.54, 1.807) is 30.3 Å². The summed E-state index contributed by atoms with van der Waals surface area (Å²) >= 11 is 8.64. The van der Waals surface area contributed by atoms with Gasteiger partial charge in [-0.05, 0) is 37.1 Å². The van der Waals surface area contributed by atoms with Gasteiger partial charge < -0.3 is 4.90 Å². The molecule has 1 aliphatic heterocycles. The van der Waals surface area contributed by atoms with Gasteiger partial charge in [0.05, 0.1) is 9.21 Å². The first kappa shape index (κ1) is 17.6. The number of piperidine rings is 1. The van der Waals surface area contributed by atoms with E-state index in [0.29, 0.717) is 26.3 Å². The Hall–Kier alpha value is -1.83. The van der Waals surface area contributed by atoms with Crippen LogP contribution in [-0.2, 0) is 0 Å². The van der Waals surface area contributed by atoms with E-state index in [9.17, 15) is 9.18 Å². The maximum atomic E-state index is 14.0. The predicted molar refractivity (Wildman–Crippen MR) is 103 cm³/mol. The maximum absolute atomic E-state index is 14.0. The number of likely N-dealkylation sites (tertiary alicyclic amines) is 1. The third kappa shape index (κ3) is 3.51. The van der Waals surface area contributed by atoms with Gasteiger partial charge in [-0.1, -0.05) is 35.1 Å². The summed E-state index contributed by atoms with van der Waals surface area (Å²) < 4.78 is 14.6. The number of hydrogen-bond donors (Lipinski definition) is 0. The van der Waals surface area contributed by atoms with Gasteiger partial charge in [-0.15, -0.1) is 21.5 Å². The van der Waals surface area contributed by atoms with Crippen molar-refractivity contribution in [3.63, 3.8) is 0 Å². The van der Waals surface area contributed by atoms with Crippen molar-refractivity contribution in [1.29, 1.82) is 0 Å². The molecule has 1 fully saturated rings. The normalized spacial score (nSPS) is 17.5. The van der Waals surface area contributed by atoms with E-state index in [0.717, 1.165) is 24.4 Å². The summed E-state index contributed by atoms with van der Waals surface area (Å²) in [6.45, 7) is 1.32. The lowest BCUT2D eigenvalue weighted by molar-refractivity contribution is 0.0712. The molecule has 0 spiro atoms. The maximum Gasteiger partial charge on any atom is 0.263 e. The highest BCUT2D eigenvalue weighted by Gasteiger charge is 2.28. The van der Waals surface area contributed by atoms with Crippen LogP contribution in [0.2, 0.25) is 4.34 Å². The molecule has 2 aromatic heterocycles. The first-order valence-electron chi connectivity index (χ1n) is 8.25. The summed E-state index contributed by atoms with van der Waals surface area (Å²) in [4.78, 5) is 15.2. The van der Waals surface area contributed by atoms with Crippen LogP contribution in [0.1, 0.15) is 33.4 Å². The van der Waals surface area contributed by atoms with Crippen LogP contribution in [0.5, 0.6) is 0 Å². The van der Waals surface area contributed by atoms with Gasteiger partial charge in [0, 0.05) is 24.6 Å². The Morgan fingerprint density at radius 1 is 1.19 bits per heavy atom. The summed E-state index contributed by atoms with van der Waals surface area (Å²) in [5.41, 5.74) is 0.466. The van der Waals surface area contributed by atoms with Crippen LogP contribution in [0.3, 0.4) is 0 Å². The molecule has 1 atom stereocenters. The van der Waals surface area contributed by atoms with Crippen LogP contribution in [-0.4, -0.2) is 34.1 Å². The lowest BCUT2D eigenvalue weighted by atomic mass is 9.98. The van der Waals surface area contributed by atoms with Gasteiger partial charge in [-0.25, -0.2) is 4.39 Å². The fraction of sp³-hybridized carbons (Fsp3) is 0.278. The molecule has 26 heavy (non-hydrogen) atoms. The molecule has 1 aromatic carbocycles. The largest absolute Gasteiger partial charge is 0.337 e. The number of carbonyl (C=O) groups excluding carboxylic acids is 1. The van der Waals surface area contributed by atoms with Crippen molar-refractivity contribution < 1.29 is 9.18 Å². The topological polar surface area (TPSA) is 46.1 Å². The summed E-state index contributed by atoms with van der Waals surface area (Å²) in [5.74, 6) is -0.170. The lowest BCUT2D eigenvalue weighted by Crippen LogP contribution is -2.38. The van der Waals surface area contributed by atoms with Gasteiger partial charge in [-0.3, -0.25) is 4.79 Å². The van der Waals surface area contributed by atoms with Crippen LogP contribution in [0.25, 0.3) is 10.6 Å². The second-order valence-corrected chi connectivity index (χ2v) is 8.84. The number of aromatic nitrogens is 2. The van der Waals surface area contributed by atoms with Crippen molar-refractivity contribution >= 4 is 40.2 Å². The fourth-order valence-electron chi connectivity index (χ4n) is 3.09. The molecule has 4 rings (SSSR count). The minimum atomic E-state index is -0.301. The van der Waals surface area contributed by atoms with Crippen molar-refractivity contribution in [2.45, 2.75) is 18.8 Å². The number of amides is 1. The number of nitrogens with zero attached hydrogens (tertiary/aromatic N) is 3. The van der Waals surface area contributed by atoms with Crippen LogP contribution < -0.4 is 0 Å². The first-order chi connectivity index (χ1) is 12.6. The van der Waals surface area contributed by atoms with Gasteiger partial charge >= 0.3 is 0 Å². The molecule has 0 radical (unpaired) electrons. The molecule has 3 aromatic rings. The zero-order chi connectivity index (χ0) is 18.1. The van der Waals surface area contributed by atoms with E-state index in [4.69, 9.17) is 11.6 Å². The summed E-state index contributed by atoms with van der Waals surface area (Å²) in [7, 11) is 0. The van der Waals surface area contributed by atoms with Crippen LogP contribution in [0, 0.1) is 5.82 Å². The second kappa shape index (κ2) is 7.42. The Kier molecular flexibility index (Phi) is 5.02. The third-order valence-electron chi connectivity index (χ3n) is 4.39. The highest BCUT2D eigenvalue weighted by molar-refractivity contribution is 7.18. The first-order valence-corrected chi connectivity index (χ1v) is 10.3. The summed E-state index contributed by atoms with van der Waals surface area (Å²) in [5, 5.41) is 9.86. The number of benzene rings is 1. The molecule has 1 unspecified atom stereocenters.